The maximum atomic E-state index is 13.0. The van der Waals surface area contributed by atoms with E-state index in [1.54, 1.807) is 14.2 Å². The predicted molar refractivity (Wildman–Crippen MR) is 109 cm³/mol. The van der Waals surface area contributed by atoms with Crippen LogP contribution in [0.3, 0.4) is 0 Å². The van der Waals surface area contributed by atoms with Gasteiger partial charge in [-0.1, -0.05) is 18.6 Å². The molecule has 1 amide bonds. The Balaban J connectivity index is 1.48. The molecule has 29 heavy (non-hydrogen) atoms. The number of ether oxygens (including phenoxy) is 4. The normalized spacial score (nSPS) is 15.0. The number of methoxy groups -OCH3 is 2. The average molecular weight is 397 g/mol. The average Bonchev–Trinajstić information content (AvgIpc) is 3.17. The van der Waals surface area contributed by atoms with Crippen molar-refractivity contribution in [3.8, 4) is 23.0 Å². The maximum absolute atomic E-state index is 13.0. The highest BCUT2D eigenvalue weighted by atomic mass is 16.7. The number of fused-ring (bicyclic) bond motifs is 1. The van der Waals surface area contributed by atoms with Gasteiger partial charge in [-0.05, 0) is 54.7 Å². The van der Waals surface area contributed by atoms with Gasteiger partial charge in [-0.15, -0.1) is 0 Å². The summed E-state index contributed by atoms with van der Waals surface area (Å²) in [5.74, 6) is 3.33. The van der Waals surface area contributed by atoms with E-state index in [1.807, 2.05) is 41.3 Å². The molecule has 0 saturated heterocycles. The molecule has 4 rings (SSSR count). The third kappa shape index (κ3) is 4.26. The number of benzene rings is 2. The largest absolute Gasteiger partial charge is 0.493 e. The second-order valence-electron chi connectivity index (χ2n) is 7.51. The molecule has 6 nitrogen and oxygen atoms in total. The van der Waals surface area contributed by atoms with Crippen LogP contribution in [0.15, 0.2) is 36.4 Å². The molecule has 1 saturated carbocycles. The van der Waals surface area contributed by atoms with E-state index in [0.717, 1.165) is 48.3 Å². The van der Waals surface area contributed by atoms with Crippen LogP contribution in [0.2, 0.25) is 0 Å². The summed E-state index contributed by atoms with van der Waals surface area (Å²) in [4.78, 5) is 15.0. The highest BCUT2D eigenvalue weighted by molar-refractivity contribution is 5.79. The van der Waals surface area contributed by atoms with Crippen molar-refractivity contribution in [1.29, 1.82) is 0 Å². The van der Waals surface area contributed by atoms with Crippen LogP contribution >= 0.6 is 0 Å². The Kier molecular flexibility index (Phi) is 5.79. The van der Waals surface area contributed by atoms with Gasteiger partial charge in [0, 0.05) is 19.0 Å². The number of amides is 1. The number of rotatable bonds is 8. The summed E-state index contributed by atoms with van der Waals surface area (Å²) in [6.07, 6.45) is 3.88. The summed E-state index contributed by atoms with van der Waals surface area (Å²) in [6.45, 7) is 1.47. The first-order chi connectivity index (χ1) is 14.2. The molecule has 2 aromatic rings. The van der Waals surface area contributed by atoms with Gasteiger partial charge < -0.3 is 23.8 Å². The van der Waals surface area contributed by atoms with E-state index in [0.29, 0.717) is 24.6 Å². The Morgan fingerprint density at radius 1 is 1.00 bits per heavy atom. The van der Waals surface area contributed by atoms with E-state index in [2.05, 4.69) is 0 Å². The highest BCUT2D eigenvalue weighted by Crippen LogP contribution is 2.34. The minimum Gasteiger partial charge on any atom is -0.493 e. The third-order valence-corrected chi connectivity index (χ3v) is 5.69. The van der Waals surface area contributed by atoms with E-state index in [-0.39, 0.29) is 18.6 Å². The number of hydrogen-bond acceptors (Lipinski definition) is 5. The topological polar surface area (TPSA) is 57.2 Å². The predicted octanol–water partition coefficient (Wildman–Crippen LogP) is 3.80. The summed E-state index contributed by atoms with van der Waals surface area (Å²) in [6, 6.07) is 11.8. The summed E-state index contributed by atoms with van der Waals surface area (Å²) in [7, 11) is 3.26. The second kappa shape index (κ2) is 8.64. The quantitative estimate of drug-likeness (QED) is 0.678. The molecular formula is C23H27NO5. The van der Waals surface area contributed by atoms with Gasteiger partial charge >= 0.3 is 0 Å². The zero-order valence-electron chi connectivity index (χ0n) is 17.0. The van der Waals surface area contributed by atoms with E-state index < -0.39 is 0 Å². The minimum absolute atomic E-state index is 0.161. The lowest BCUT2D eigenvalue weighted by Gasteiger charge is -2.32. The van der Waals surface area contributed by atoms with Crippen molar-refractivity contribution in [2.45, 2.75) is 32.2 Å². The van der Waals surface area contributed by atoms with Gasteiger partial charge in [0.15, 0.2) is 23.0 Å². The maximum Gasteiger partial charge on any atom is 0.231 e. The van der Waals surface area contributed by atoms with Crippen LogP contribution in [0.5, 0.6) is 23.0 Å². The van der Waals surface area contributed by atoms with Gasteiger partial charge in [-0.25, -0.2) is 0 Å². The van der Waals surface area contributed by atoms with Crippen molar-refractivity contribution in [1.82, 2.24) is 4.90 Å². The molecule has 1 heterocycles. The van der Waals surface area contributed by atoms with Gasteiger partial charge in [0.05, 0.1) is 14.2 Å². The fourth-order valence-corrected chi connectivity index (χ4v) is 3.74. The first-order valence-electron chi connectivity index (χ1n) is 10.1. The van der Waals surface area contributed by atoms with E-state index >= 15 is 0 Å². The van der Waals surface area contributed by atoms with Crippen LogP contribution in [0.4, 0.5) is 0 Å². The van der Waals surface area contributed by atoms with Gasteiger partial charge in [-0.2, -0.15) is 0 Å². The van der Waals surface area contributed by atoms with Crippen molar-refractivity contribution in [2.24, 2.45) is 5.92 Å². The number of nitrogens with zero attached hydrogens (tertiary/aromatic N) is 1. The van der Waals surface area contributed by atoms with E-state index in [4.69, 9.17) is 18.9 Å². The smallest absolute Gasteiger partial charge is 0.231 e. The standard InChI is InChI=1S/C23H27NO5/c1-26-19-8-6-16(12-21(19)27-2)10-11-24(23(25)18-4-3-5-18)14-17-7-9-20-22(13-17)29-15-28-20/h6-9,12-13,18H,3-5,10-11,14-15H2,1-2H3. The Morgan fingerprint density at radius 2 is 1.76 bits per heavy atom. The molecule has 0 aromatic heterocycles. The van der Waals surface area contributed by atoms with Crippen molar-refractivity contribution < 1.29 is 23.7 Å². The Labute approximate surface area is 171 Å². The second-order valence-corrected chi connectivity index (χ2v) is 7.51. The molecule has 0 spiro atoms. The van der Waals surface area contributed by atoms with Crippen molar-refractivity contribution in [2.75, 3.05) is 27.6 Å². The van der Waals surface area contributed by atoms with E-state index in [9.17, 15) is 4.79 Å². The summed E-state index contributed by atoms with van der Waals surface area (Å²) in [5, 5.41) is 0. The molecule has 0 atom stereocenters. The zero-order valence-corrected chi connectivity index (χ0v) is 17.0. The van der Waals surface area contributed by atoms with Crippen LogP contribution in [0, 0.1) is 5.92 Å². The number of hydrogen-bond donors (Lipinski definition) is 0. The fourth-order valence-electron chi connectivity index (χ4n) is 3.74. The molecule has 0 N–H and O–H groups in total. The Hall–Kier alpha value is -2.89. The molecule has 2 aromatic carbocycles. The zero-order chi connectivity index (χ0) is 20.2. The fraction of sp³-hybridized carbons (Fsp3) is 0.435. The summed E-state index contributed by atoms with van der Waals surface area (Å²) < 4.78 is 21.6. The molecule has 0 unspecified atom stereocenters. The SMILES string of the molecule is COc1ccc(CCN(Cc2ccc3c(c2)OCO3)C(=O)C2CCC2)cc1OC. The first kappa shape index (κ1) is 19.4. The highest BCUT2D eigenvalue weighted by Gasteiger charge is 2.29. The molecule has 2 aliphatic rings. The van der Waals surface area contributed by atoms with Gasteiger partial charge in [0.1, 0.15) is 0 Å². The van der Waals surface area contributed by atoms with Gasteiger partial charge in [-0.3, -0.25) is 4.79 Å². The van der Waals surface area contributed by atoms with Crippen molar-refractivity contribution in [3.63, 3.8) is 0 Å². The monoisotopic (exact) mass is 397 g/mol. The van der Waals surface area contributed by atoms with Crippen LogP contribution in [-0.4, -0.2) is 38.4 Å². The van der Waals surface area contributed by atoms with Crippen LogP contribution in [0.25, 0.3) is 0 Å². The Morgan fingerprint density at radius 3 is 2.48 bits per heavy atom. The van der Waals surface area contributed by atoms with E-state index in [1.165, 1.54) is 0 Å². The number of carbonyl (C=O) groups is 1. The third-order valence-electron chi connectivity index (χ3n) is 5.69. The molecule has 6 heteroatoms. The van der Waals surface area contributed by atoms with Crippen molar-refractivity contribution >= 4 is 5.91 Å². The molecule has 1 aliphatic carbocycles. The lowest BCUT2D eigenvalue weighted by atomic mass is 9.84. The molecule has 0 bridgehead atoms. The Bertz CT molecular complexity index is 878. The summed E-state index contributed by atoms with van der Waals surface area (Å²) in [5.41, 5.74) is 2.16. The summed E-state index contributed by atoms with van der Waals surface area (Å²) >= 11 is 0. The molecule has 1 aliphatic heterocycles. The van der Waals surface area contributed by atoms with Crippen LogP contribution in [-0.2, 0) is 17.8 Å². The minimum atomic E-state index is 0.161. The van der Waals surface area contributed by atoms with Crippen molar-refractivity contribution in [3.05, 3.63) is 47.5 Å². The molecule has 1 fully saturated rings. The van der Waals surface area contributed by atoms with Gasteiger partial charge in [0.2, 0.25) is 12.7 Å². The van der Waals surface area contributed by atoms with Gasteiger partial charge in [0.25, 0.3) is 0 Å². The molecule has 154 valence electrons. The first-order valence-corrected chi connectivity index (χ1v) is 10.1. The number of carbonyl (C=O) groups excluding carboxylic acids is 1. The molecule has 0 radical (unpaired) electrons. The van der Waals surface area contributed by atoms with Crippen LogP contribution in [0.1, 0.15) is 30.4 Å². The lowest BCUT2D eigenvalue weighted by Crippen LogP contribution is -2.39. The van der Waals surface area contributed by atoms with Crippen LogP contribution < -0.4 is 18.9 Å². The lowest BCUT2D eigenvalue weighted by molar-refractivity contribution is -0.138. The molecular weight excluding hydrogens is 370 g/mol.